The Morgan fingerprint density at radius 2 is 1.45 bits per heavy atom. The second-order valence-electron chi connectivity index (χ2n) is 8.63. The topological polar surface area (TPSA) is 168 Å². The predicted molar refractivity (Wildman–Crippen MR) is 143 cm³/mol. The molecule has 5 rings (SSSR count). The van der Waals surface area contributed by atoms with Crippen LogP contribution < -0.4 is 50.7 Å². The van der Waals surface area contributed by atoms with E-state index in [-0.39, 0.29) is 57.5 Å². The number of methoxy groups -OCH3 is 1. The summed E-state index contributed by atoms with van der Waals surface area (Å²) in [6, 6.07) is 19.9. The van der Waals surface area contributed by atoms with Crippen molar-refractivity contribution in [1.29, 1.82) is 0 Å². The summed E-state index contributed by atoms with van der Waals surface area (Å²) >= 11 is 0. The van der Waals surface area contributed by atoms with E-state index in [9.17, 15) is 27.4 Å². The van der Waals surface area contributed by atoms with Gasteiger partial charge in [-0.2, -0.15) is 0 Å². The van der Waals surface area contributed by atoms with Crippen molar-refractivity contribution in [2.45, 2.75) is 4.90 Å². The quantitative estimate of drug-likeness (QED) is 0.154. The van der Waals surface area contributed by atoms with Gasteiger partial charge in [0.05, 0.1) is 34.5 Å². The SMILES string of the molecule is COc1ccc(C(=O)Nc2cccc(Nc3cc(S(=O)(=O)[O-])c(N)c4c3C(=O)c3ccccc3C4=O)c2)cc1.[Na+]. The standard InChI is InChI=1S/C28H21N3O7S.Na/c1-38-18-11-9-15(10-12-18)28(34)31-17-6-4-5-16(13-17)30-21-14-22(39(35,36)37)25(29)24-23(21)26(32)19-7-2-3-8-20(19)27(24)33;/h2-14,30H,29H2,1H3,(H,31,34)(H,35,36,37);/q;+1/p-1. The van der Waals surface area contributed by atoms with Crippen LogP contribution >= 0.6 is 0 Å². The van der Waals surface area contributed by atoms with Crippen molar-refractivity contribution in [3.05, 3.63) is 107 Å². The second kappa shape index (κ2) is 11.2. The summed E-state index contributed by atoms with van der Waals surface area (Å²) in [7, 11) is -3.59. The van der Waals surface area contributed by atoms with Crippen molar-refractivity contribution in [1.82, 2.24) is 0 Å². The number of benzene rings is 4. The smallest absolute Gasteiger partial charge is 0.744 e. The molecule has 0 saturated heterocycles. The minimum atomic E-state index is -5.10. The van der Waals surface area contributed by atoms with E-state index in [1.165, 1.54) is 19.2 Å². The molecule has 0 aliphatic heterocycles. The summed E-state index contributed by atoms with van der Waals surface area (Å²) in [5.41, 5.74) is 6.06. The number of carbonyl (C=O) groups is 3. The Balaban J connectivity index is 0.00000370. The normalized spacial score (nSPS) is 12.1. The van der Waals surface area contributed by atoms with E-state index in [4.69, 9.17) is 10.5 Å². The third kappa shape index (κ3) is 5.37. The zero-order chi connectivity index (χ0) is 27.9. The van der Waals surface area contributed by atoms with Crippen LogP contribution in [0, 0.1) is 0 Å². The molecule has 4 aromatic rings. The number of nitrogens with two attached hydrogens (primary N) is 1. The maximum atomic E-state index is 13.5. The molecule has 1 aliphatic carbocycles. The van der Waals surface area contributed by atoms with Gasteiger partial charge in [-0.15, -0.1) is 0 Å². The van der Waals surface area contributed by atoms with Crippen LogP contribution in [0.25, 0.3) is 0 Å². The van der Waals surface area contributed by atoms with Gasteiger partial charge in [0.2, 0.25) is 0 Å². The number of anilines is 4. The number of hydrogen-bond acceptors (Lipinski definition) is 9. The molecule has 4 aromatic carbocycles. The van der Waals surface area contributed by atoms with Crippen LogP contribution in [0.15, 0.2) is 83.8 Å². The number of hydrogen-bond donors (Lipinski definition) is 3. The largest absolute Gasteiger partial charge is 1.00 e. The summed E-state index contributed by atoms with van der Waals surface area (Å²) in [5, 5.41) is 5.67. The molecule has 10 nitrogen and oxygen atoms in total. The number of ketones is 2. The van der Waals surface area contributed by atoms with Gasteiger partial charge in [0.1, 0.15) is 15.9 Å². The van der Waals surface area contributed by atoms with E-state index in [0.29, 0.717) is 22.7 Å². The van der Waals surface area contributed by atoms with E-state index in [1.807, 2.05) is 0 Å². The summed E-state index contributed by atoms with van der Waals surface area (Å²) in [5.74, 6) is -1.03. The van der Waals surface area contributed by atoms with Gasteiger partial charge in [-0.3, -0.25) is 14.4 Å². The van der Waals surface area contributed by atoms with Crippen LogP contribution in [0.3, 0.4) is 0 Å². The van der Waals surface area contributed by atoms with E-state index in [0.717, 1.165) is 6.07 Å². The van der Waals surface area contributed by atoms with Crippen molar-refractivity contribution < 1.29 is 61.6 Å². The average Bonchev–Trinajstić information content (AvgIpc) is 2.92. The van der Waals surface area contributed by atoms with Crippen molar-refractivity contribution >= 4 is 50.3 Å². The first-order chi connectivity index (χ1) is 18.6. The van der Waals surface area contributed by atoms with Gasteiger partial charge in [0.15, 0.2) is 11.6 Å². The molecule has 0 bridgehead atoms. The molecular formula is C28H20N3NaO7S. The number of amides is 1. The number of fused-ring (bicyclic) bond motifs is 2. The fourth-order valence-electron chi connectivity index (χ4n) is 4.37. The zero-order valence-electron chi connectivity index (χ0n) is 21.3. The molecule has 0 unspecified atom stereocenters. The van der Waals surface area contributed by atoms with Crippen molar-refractivity contribution in [3.63, 3.8) is 0 Å². The van der Waals surface area contributed by atoms with Crippen molar-refractivity contribution in [2.75, 3.05) is 23.5 Å². The first-order valence-corrected chi connectivity index (χ1v) is 12.9. The van der Waals surface area contributed by atoms with Gasteiger partial charge in [0, 0.05) is 28.1 Å². The minimum absolute atomic E-state index is 0. The zero-order valence-corrected chi connectivity index (χ0v) is 24.2. The molecule has 196 valence electrons. The van der Waals surface area contributed by atoms with Gasteiger partial charge >= 0.3 is 29.6 Å². The Labute approximate surface area is 251 Å². The molecule has 0 fully saturated rings. The number of rotatable bonds is 6. The molecule has 1 amide bonds. The summed E-state index contributed by atoms with van der Waals surface area (Å²) < 4.78 is 41.1. The number of nitrogens with one attached hydrogen (secondary N) is 2. The third-order valence-corrected chi connectivity index (χ3v) is 7.10. The minimum Gasteiger partial charge on any atom is -0.744 e. The Hall–Kier alpha value is -4.00. The monoisotopic (exact) mass is 565 g/mol. The fourth-order valence-corrected chi connectivity index (χ4v) is 5.01. The molecule has 0 aromatic heterocycles. The van der Waals surface area contributed by atoms with Crippen LogP contribution in [-0.4, -0.2) is 37.6 Å². The van der Waals surface area contributed by atoms with E-state index < -0.39 is 38.2 Å². The molecule has 4 N–H and O–H groups in total. The third-order valence-electron chi connectivity index (χ3n) is 6.22. The average molecular weight is 566 g/mol. The van der Waals surface area contributed by atoms with Gasteiger partial charge < -0.3 is 25.7 Å². The van der Waals surface area contributed by atoms with Crippen molar-refractivity contribution in [3.8, 4) is 5.75 Å². The van der Waals surface area contributed by atoms with Gasteiger partial charge in [-0.1, -0.05) is 30.3 Å². The summed E-state index contributed by atoms with van der Waals surface area (Å²) in [6.45, 7) is 0. The maximum absolute atomic E-state index is 13.5. The maximum Gasteiger partial charge on any atom is 1.00 e. The Kier molecular flexibility index (Phi) is 8.15. The van der Waals surface area contributed by atoms with E-state index in [1.54, 1.807) is 60.7 Å². The molecule has 0 radical (unpaired) electrons. The first-order valence-electron chi connectivity index (χ1n) is 11.5. The molecule has 0 atom stereocenters. The first kappa shape index (κ1) is 29.0. The number of carbonyl (C=O) groups excluding carboxylic acids is 3. The molecule has 0 heterocycles. The molecule has 0 spiro atoms. The molecule has 0 saturated carbocycles. The van der Waals surface area contributed by atoms with Crippen molar-refractivity contribution in [2.24, 2.45) is 0 Å². The Morgan fingerprint density at radius 1 is 0.850 bits per heavy atom. The molecular weight excluding hydrogens is 545 g/mol. The van der Waals surface area contributed by atoms with Gasteiger partial charge in [-0.05, 0) is 48.5 Å². The van der Waals surface area contributed by atoms with E-state index in [2.05, 4.69) is 10.6 Å². The van der Waals surface area contributed by atoms with Crippen LogP contribution in [0.5, 0.6) is 5.75 Å². The molecule has 12 heteroatoms. The summed E-state index contributed by atoms with van der Waals surface area (Å²) in [6.07, 6.45) is 0. The van der Waals surface area contributed by atoms with Crippen LogP contribution in [0.2, 0.25) is 0 Å². The van der Waals surface area contributed by atoms with Gasteiger partial charge in [0.25, 0.3) is 5.91 Å². The Morgan fingerprint density at radius 3 is 2.05 bits per heavy atom. The fraction of sp³-hybridized carbons (Fsp3) is 0.0357. The number of nitrogen functional groups attached to an aromatic ring is 1. The molecule has 40 heavy (non-hydrogen) atoms. The predicted octanol–water partition coefficient (Wildman–Crippen LogP) is 0.957. The molecule has 1 aliphatic rings. The Bertz CT molecular complexity index is 1790. The van der Waals surface area contributed by atoms with Crippen LogP contribution in [0.1, 0.15) is 42.2 Å². The number of ether oxygens (including phenoxy) is 1. The second-order valence-corrected chi connectivity index (χ2v) is 9.98. The van der Waals surface area contributed by atoms with Crippen LogP contribution in [-0.2, 0) is 10.1 Å². The van der Waals surface area contributed by atoms with Gasteiger partial charge in [-0.25, -0.2) is 8.42 Å². The van der Waals surface area contributed by atoms with E-state index >= 15 is 0 Å². The summed E-state index contributed by atoms with van der Waals surface area (Å²) in [4.78, 5) is 38.6. The van der Waals surface area contributed by atoms with Crippen LogP contribution in [0.4, 0.5) is 22.7 Å².